The predicted octanol–water partition coefficient (Wildman–Crippen LogP) is 1.92. The summed E-state index contributed by atoms with van der Waals surface area (Å²) >= 11 is 0. The fourth-order valence-electron chi connectivity index (χ4n) is 2.47. The average molecular weight is 217 g/mol. The number of piperidine rings is 1. The molecule has 1 aliphatic heterocycles. The molecular formula is C10H19NO4. The van der Waals surface area contributed by atoms with Crippen molar-refractivity contribution in [1.82, 2.24) is 5.32 Å². The van der Waals surface area contributed by atoms with Crippen molar-refractivity contribution in [3.05, 3.63) is 0 Å². The first kappa shape index (κ1) is 12.3. The third kappa shape index (κ3) is 3.68. The van der Waals surface area contributed by atoms with Gasteiger partial charge in [-0.25, -0.2) is 4.79 Å². The standard InChI is InChI=1S/C10H19NO4/c1-9(2)5-7(14-8(12)15-13)6-10(3,4)11-9/h7,11,13H,5-6H2,1-4H3. The topological polar surface area (TPSA) is 67.8 Å². The predicted molar refractivity (Wildman–Crippen MR) is 54.5 cm³/mol. The van der Waals surface area contributed by atoms with Gasteiger partial charge in [0.15, 0.2) is 0 Å². The molecule has 0 aliphatic carbocycles. The maximum atomic E-state index is 10.8. The van der Waals surface area contributed by atoms with Crippen molar-refractivity contribution in [1.29, 1.82) is 0 Å². The monoisotopic (exact) mass is 217 g/mol. The minimum absolute atomic E-state index is 0.0951. The van der Waals surface area contributed by atoms with Gasteiger partial charge >= 0.3 is 6.16 Å². The normalized spacial score (nSPS) is 24.6. The van der Waals surface area contributed by atoms with Gasteiger partial charge in [-0.1, -0.05) is 0 Å². The Morgan fingerprint density at radius 1 is 1.27 bits per heavy atom. The lowest BCUT2D eigenvalue weighted by Crippen LogP contribution is -2.59. The van der Waals surface area contributed by atoms with Crippen LogP contribution in [0.25, 0.3) is 0 Å². The Kier molecular flexibility index (Phi) is 3.25. The number of hydrogen-bond donors (Lipinski definition) is 2. The van der Waals surface area contributed by atoms with Crippen LogP contribution in [0.2, 0.25) is 0 Å². The van der Waals surface area contributed by atoms with Crippen molar-refractivity contribution < 1.29 is 19.7 Å². The second kappa shape index (κ2) is 3.98. The van der Waals surface area contributed by atoms with E-state index in [0.29, 0.717) is 12.8 Å². The summed E-state index contributed by atoms with van der Waals surface area (Å²) in [6.45, 7) is 8.20. The first-order valence-electron chi connectivity index (χ1n) is 5.05. The molecule has 88 valence electrons. The van der Waals surface area contributed by atoms with E-state index in [2.05, 4.69) is 37.9 Å². The highest BCUT2D eigenvalue weighted by Crippen LogP contribution is 2.30. The van der Waals surface area contributed by atoms with E-state index in [0.717, 1.165) is 0 Å². The summed E-state index contributed by atoms with van der Waals surface area (Å²) < 4.78 is 4.96. The lowest BCUT2D eigenvalue weighted by Gasteiger charge is -2.45. The van der Waals surface area contributed by atoms with Gasteiger partial charge in [0.1, 0.15) is 6.10 Å². The molecule has 1 rings (SSSR count). The largest absolute Gasteiger partial charge is 0.540 e. The Balaban J connectivity index is 2.63. The molecule has 0 unspecified atom stereocenters. The molecule has 2 N–H and O–H groups in total. The number of hydrogen-bond acceptors (Lipinski definition) is 5. The Labute approximate surface area is 89.7 Å². The molecular weight excluding hydrogens is 198 g/mol. The molecule has 0 aromatic carbocycles. The highest BCUT2D eigenvalue weighted by atomic mass is 17.1. The summed E-state index contributed by atoms with van der Waals surface area (Å²) in [5.74, 6) is 0. The van der Waals surface area contributed by atoms with E-state index in [9.17, 15) is 4.79 Å². The lowest BCUT2D eigenvalue weighted by atomic mass is 9.81. The van der Waals surface area contributed by atoms with Crippen molar-refractivity contribution >= 4 is 6.16 Å². The SMILES string of the molecule is CC1(C)CC(OC(=O)OO)CC(C)(C)N1. The molecule has 0 aromatic rings. The van der Waals surface area contributed by atoms with Crippen LogP contribution in [0.3, 0.4) is 0 Å². The van der Waals surface area contributed by atoms with Crippen LogP contribution < -0.4 is 5.32 Å². The first-order chi connectivity index (χ1) is 6.74. The van der Waals surface area contributed by atoms with Gasteiger partial charge in [-0.3, -0.25) is 4.89 Å². The van der Waals surface area contributed by atoms with E-state index in [4.69, 9.17) is 9.99 Å². The molecule has 0 spiro atoms. The summed E-state index contributed by atoms with van der Waals surface area (Å²) in [5, 5.41) is 11.6. The minimum Gasteiger partial charge on any atom is -0.429 e. The molecule has 0 saturated carbocycles. The fraction of sp³-hybridized carbons (Fsp3) is 0.900. The Hall–Kier alpha value is -0.810. The van der Waals surface area contributed by atoms with Gasteiger partial charge < -0.3 is 10.1 Å². The lowest BCUT2D eigenvalue weighted by molar-refractivity contribution is -0.208. The molecule has 1 fully saturated rings. The average Bonchev–Trinajstić information content (AvgIpc) is 1.97. The maximum absolute atomic E-state index is 10.8. The number of carbonyl (C=O) groups excluding carboxylic acids is 1. The van der Waals surface area contributed by atoms with Gasteiger partial charge in [0.05, 0.1) is 0 Å². The summed E-state index contributed by atoms with van der Waals surface area (Å²) in [5.41, 5.74) is -0.190. The van der Waals surface area contributed by atoms with Crippen LogP contribution in [0.15, 0.2) is 0 Å². The molecule has 0 amide bonds. The smallest absolute Gasteiger partial charge is 0.429 e. The van der Waals surface area contributed by atoms with E-state index in [1.807, 2.05) is 0 Å². The molecule has 0 bridgehead atoms. The van der Waals surface area contributed by atoms with E-state index < -0.39 is 6.16 Å². The first-order valence-corrected chi connectivity index (χ1v) is 5.05. The van der Waals surface area contributed by atoms with Gasteiger partial charge in [-0.2, -0.15) is 5.26 Å². The number of carbonyl (C=O) groups is 1. The second-order valence-corrected chi connectivity index (χ2v) is 5.38. The third-order valence-electron chi connectivity index (χ3n) is 2.49. The van der Waals surface area contributed by atoms with Crippen LogP contribution in [0.5, 0.6) is 0 Å². The molecule has 0 aromatic heterocycles. The molecule has 5 heteroatoms. The van der Waals surface area contributed by atoms with Crippen LogP contribution in [0.4, 0.5) is 4.79 Å². The van der Waals surface area contributed by atoms with E-state index >= 15 is 0 Å². The van der Waals surface area contributed by atoms with Crippen LogP contribution in [-0.2, 0) is 9.62 Å². The minimum atomic E-state index is -1.03. The van der Waals surface area contributed by atoms with Crippen molar-refractivity contribution in [3.8, 4) is 0 Å². The Bertz CT molecular complexity index is 234. The van der Waals surface area contributed by atoms with Crippen molar-refractivity contribution in [3.63, 3.8) is 0 Å². The van der Waals surface area contributed by atoms with Crippen LogP contribution in [0, 0.1) is 0 Å². The van der Waals surface area contributed by atoms with Gasteiger partial charge in [0, 0.05) is 23.9 Å². The molecule has 1 aliphatic rings. The quantitative estimate of drug-likeness (QED) is 0.399. The van der Waals surface area contributed by atoms with Crippen LogP contribution in [-0.4, -0.2) is 28.6 Å². The zero-order valence-electron chi connectivity index (χ0n) is 9.66. The number of ether oxygens (including phenoxy) is 1. The molecule has 0 radical (unpaired) electrons. The zero-order chi connectivity index (χ0) is 11.7. The van der Waals surface area contributed by atoms with Crippen molar-refractivity contribution in [2.45, 2.75) is 57.7 Å². The Morgan fingerprint density at radius 3 is 2.13 bits per heavy atom. The van der Waals surface area contributed by atoms with Gasteiger partial charge in [-0.15, -0.1) is 0 Å². The second-order valence-electron chi connectivity index (χ2n) is 5.38. The third-order valence-corrected chi connectivity index (χ3v) is 2.49. The number of rotatable bonds is 1. The molecule has 5 nitrogen and oxygen atoms in total. The summed E-state index contributed by atoms with van der Waals surface area (Å²) in [4.78, 5) is 14.3. The number of nitrogens with one attached hydrogen (secondary N) is 1. The molecule has 0 atom stereocenters. The summed E-state index contributed by atoms with van der Waals surface area (Å²) in [6.07, 6.45) is 0.140. The molecule has 15 heavy (non-hydrogen) atoms. The van der Waals surface area contributed by atoms with Crippen LogP contribution in [0.1, 0.15) is 40.5 Å². The zero-order valence-corrected chi connectivity index (χ0v) is 9.66. The molecule has 1 heterocycles. The highest BCUT2D eigenvalue weighted by molar-refractivity contribution is 5.59. The van der Waals surface area contributed by atoms with Crippen LogP contribution >= 0.6 is 0 Å². The highest BCUT2D eigenvalue weighted by Gasteiger charge is 2.39. The van der Waals surface area contributed by atoms with Gasteiger partial charge in [-0.05, 0) is 27.7 Å². The van der Waals surface area contributed by atoms with Gasteiger partial charge in [0.2, 0.25) is 0 Å². The summed E-state index contributed by atoms with van der Waals surface area (Å²) in [7, 11) is 0. The fourth-order valence-corrected chi connectivity index (χ4v) is 2.47. The van der Waals surface area contributed by atoms with E-state index in [-0.39, 0.29) is 17.2 Å². The van der Waals surface area contributed by atoms with Crippen molar-refractivity contribution in [2.75, 3.05) is 0 Å². The van der Waals surface area contributed by atoms with Gasteiger partial charge in [0.25, 0.3) is 0 Å². The maximum Gasteiger partial charge on any atom is 0.540 e. The van der Waals surface area contributed by atoms with E-state index in [1.54, 1.807) is 0 Å². The summed E-state index contributed by atoms with van der Waals surface area (Å²) in [6, 6.07) is 0. The van der Waals surface area contributed by atoms with E-state index in [1.165, 1.54) is 0 Å². The Morgan fingerprint density at radius 2 is 1.73 bits per heavy atom. The molecule has 1 saturated heterocycles. The van der Waals surface area contributed by atoms with Crippen molar-refractivity contribution in [2.24, 2.45) is 0 Å².